The number of hydrogen-bond donors (Lipinski definition) is 2. The van der Waals surface area contributed by atoms with Crippen LogP contribution >= 0.6 is 0 Å². The summed E-state index contributed by atoms with van der Waals surface area (Å²) in [7, 11) is -3.75. The molecule has 17 heavy (non-hydrogen) atoms. The minimum absolute atomic E-state index is 0.119. The molecule has 0 spiro atoms. The van der Waals surface area contributed by atoms with Gasteiger partial charge in [0.2, 0.25) is 0 Å². The molecule has 1 aliphatic rings. The number of benzene rings is 1. The van der Waals surface area contributed by atoms with Gasteiger partial charge < -0.3 is 5.11 Å². The quantitative estimate of drug-likeness (QED) is 0.786. The van der Waals surface area contributed by atoms with Crippen molar-refractivity contribution in [2.75, 3.05) is 10.8 Å². The van der Waals surface area contributed by atoms with Gasteiger partial charge in [0.25, 0.3) is 0 Å². The molecule has 0 amide bonds. The standard InChI is InChI=1S/C10H12N2O4S/c1-7-4-2-3-5-8(7)12-9(10(13)14)6-11-17(12,15)16/h2-5,9,11H,6H2,1H3,(H,13,14). The molecule has 1 aromatic carbocycles. The summed E-state index contributed by atoms with van der Waals surface area (Å²) in [6.07, 6.45) is 0. The van der Waals surface area contributed by atoms with Gasteiger partial charge in [0.15, 0.2) is 6.04 Å². The number of aliphatic carboxylic acids is 1. The fourth-order valence-electron chi connectivity index (χ4n) is 1.80. The Labute approximate surface area is 99.0 Å². The summed E-state index contributed by atoms with van der Waals surface area (Å²) in [5, 5.41) is 9.02. The lowest BCUT2D eigenvalue weighted by Crippen LogP contribution is -2.40. The molecule has 1 fully saturated rings. The topological polar surface area (TPSA) is 86.7 Å². The summed E-state index contributed by atoms with van der Waals surface area (Å²) < 4.78 is 26.7. The molecule has 1 heterocycles. The molecule has 1 aliphatic heterocycles. The van der Waals surface area contributed by atoms with Crippen LogP contribution in [0.1, 0.15) is 5.56 Å². The van der Waals surface area contributed by atoms with E-state index in [2.05, 4.69) is 4.72 Å². The van der Waals surface area contributed by atoms with E-state index in [1.807, 2.05) is 0 Å². The van der Waals surface area contributed by atoms with Crippen LogP contribution in [0.2, 0.25) is 0 Å². The highest BCUT2D eigenvalue weighted by atomic mass is 32.2. The molecule has 0 saturated carbocycles. The second kappa shape index (κ2) is 4.01. The van der Waals surface area contributed by atoms with Crippen molar-refractivity contribution in [2.45, 2.75) is 13.0 Å². The van der Waals surface area contributed by atoms with Crippen LogP contribution in [0, 0.1) is 6.92 Å². The predicted molar refractivity (Wildman–Crippen MR) is 62.0 cm³/mol. The SMILES string of the molecule is Cc1ccccc1N1C(C(=O)O)CNS1(=O)=O. The van der Waals surface area contributed by atoms with Gasteiger partial charge in [-0.2, -0.15) is 13.1 Å². The van der Waals surface area contributed by atoms with Crippen molar-refractivity contribution in [1.29, 1.82) is 0 Å². The Morgan fingerprint density at radius 2 is 2.12 bits per heavy atom. The van der Waals surface area contributed by atoms with Gasteiger partial charge >= 0.3 is 16.2 Å². The van der Waals surface area contributed by atoms with E-state index < -0.39 is 22.2 Å². The Balaban J connectivity index is 2.54. The van der Waals surface area contributed by atoms with Crippen molar-refractivity contribution in [3.05, 3.63) is 29.8 Å². The summed E-state index contributed by atoms with van der Waals surface area (Å²) in [5.41, 5.74) is 1.11. The van der Waals surface area contributed by atoms with Crippen LogP contribution in [0.3, 0.4) is 0 Å². The molecule has 0 aliphatic carbocycles. The average molecular weight is 256 g/mol. The van der Waals surface area contributed by atoms with Crippen LogP contribution < -0.4 is 9.03 Å². The van der Waals surface area contributed by atoms with Crippen molar-refractivity contribution in [3.8, 4) is 0 Å². The average Bonchev–Trinajstić information content (AvgIpc) is 2.55. The third-order valence-electron chi connectivity index (χ3n) is 2.64. The molecule has 92 valence electrons. The van der Waals surface area contributed by atoms with E-state index in [1.165, 1.54) is 0 Å². The maximum Gasteiger partial charge on any atom is 0.328 e. The lowest BCUT2D eigenvalue weighted by atomic mass is 10.2. The maximum absolute atomic E-state index is 11.8. The molecule has 7 heteroatoms. The number of carboxylic acid groups (broad SMARTS) is 1. The van der Waals surface area contributed by atoms with Gasteiger partial charge in [0.1, 0.15) is 0 Å². The number of carbonyl (C=O) groups is 1. The maximum atomic E-state index is 11.8. The zero-order valence-electron chi connectivity index (χ0n) is 9.12. The Bertz CT molecular complexity index is 555. The normalized spacial score (nSPS) is 22.6. The first-order chi connectivity index (χ1) is 7.93. The van der Waals surface area contributed by atoms with Crippen LogP contribution in [-0.4, -0.2) is 32.1 Å². The lowest BCUT2D eigenvalue weighted by molar-refractivity contribution is -0.137. The molecule has 2 rings (SSSR count). The number of rotatable bonds is 2. The summed E-state index contributed by atoms with van der Waals surface area (Å²) in [4.78, 5) is 11.0. The van der Waals surface area contributed by atoms with E-state index in [0.29, 0.717) is 11.3 Å². The Kier molecular flexibility index (Phi) is 2.80. The Morgan fingerprint density at radius 3 is 2.71 bits per heavy atom. The van der Waals surface area contributed by atoms with E-state index in [0.717, 1.165) is 4.31 Å². The molecule has 6 nitrogen and oxygen atoms in total. The lowest BCUT2D eigenvalue weighted by Gasteiger charge is -2.22. The predicted octanol–water partition coefficient (Wildman–Crippen LogP) is 0.103. The van der Waals surface area contributed by atoms with Gasteiger partial charge in [-0.1, -0.05) is 18.2 Å². The van der Waals surface area contributed by atoms with Crippen LogP contribution in [-0.2, 0) is 15.0 Å². The number of aryl methyl sites for hydroxylation is 1. The van der Waals surface area contributed by atoms with E-state index in [4.69, 9.17) is 5.11 Å². The largest absolute Gasteiger partial charge is 0.480 e. The van der Waals surface area contributed by atoms with Gasteiger partial charge in [-0.05, 0) is 18.6 Å². The summed E-state index contributed by atoms with van der Waals surface area (Å²) in [5.74, 6) is -1.16. The van der Waals surface area contributed by atoms with Crippen LogP contribution in [0.4, 0.5) is 5.69 Å². The monoisotopic (exact) mass is 256 g/mol. The van der Waals surface area contributed by atoms with E-state index in [-0.39, 0.29) is 6.54 Å². The van der Waals surface area contributed by atoms with E-state index in [9.17, 15) is 13.2 Å². The second-order valence-electron chi connectivity index (χ2n) is 3.79. The molecule has 1 saturated heterocycles. The minimum atomic E-state index is -3.75. The molecule has 0 bridgehead atoms. The molecule has 1 atom stereocenters. The van der Waals surface area contributed by atoms with Gasteiger partial charge in [0.05, 0.1) is 5.69 Å². The first kappa shape index (κ1) is 11.9. The highest BCUT2D eigenvalue weighted by molar-refractivity contribution is 7.91. The number of nitrogens with zero attached hydrogens (tertiary/aromatic N) is 1. The number of carboxylic acids is 1. The zero-order chi connectivity index (χ0) is 12.6. The molecular weight excluding hydrogens is 244 g/mol. The first-order valence-electron chi connectivity index (χ1n) is 5.01. The summed E-state index contributed by atoms with van der Waals surface area (Å²) in [6.45, 7) is 1.62. The molecule has 0 radical (unpaired) electrons. The van der Waals surface area contributed by atoms with Crippen molar-refractivity contribution in [2.24, 2.45) is 0 Å². The number of para-hydroxylation sites is 1. The molecule has 2 N–H and O–H groups in total. The van der Waals surface area contributed by atoms with Gasteiger partial charge in [-0.25, -0.2) is 9.10 Å². The van der Waals surface area contributed by atoms with Gasteiger partial charge in [0, 0.05) is 6.54 Å². The van der Waals surface area contributed by atoms with Gasteiger partial charge in [-0.3, -0.25) is 0 Å². The van der Waals surface area contributed by atoms with Crippen molar-refractivity contribution >= 4 is 21.9 Å². The number of anilines is 1. The van der Waals surface area contributed by atoms with Crippen LogP contribution in [0.15, 0.2) is 24.3 Å². The molecule has 1 aromatic rings. The smallest absolute Gasteiger partial charge is 0.328 e. The molecule has 1 unspecified atom stereocenters. The van der Waals surface area contributed by atoms with Crippen molar-refractivity contribution in [3.63, 3.8) is 0 Å². The Hall–Kier alpha value is -1.60. The van der Waals surface area contributed by atoms with Crippen molar-refractivity contribution in [1.82, 2.24) is 4.72 Å². The third-order valence-corrected chi connectivity index (χ3v) is 4.14. The Morgan fingerprint density at radius 1 is 1.47 bits per heavy atom. The van der Waals surface area contributed by atoms with Crippen LogP contribution in [0.5, 0.6) is 0 Å². The third kappa shape index (κ3) is 1.98. The zero-order valence-corrected chi connectivity index (χ0v) is 9.94. The highest BCUT2D eigenvalue weighted by Crippen LogP contribution is 2.27. The van der Waals surface area contributed by atoms with E-state index >= 15 is 0 Å². The fourth-order valence-corrected chi connectivity index (χ4v) is 3.27. The number of nitrogens with one attached hydrogen (secondary N) is 1. The second-order valence-corrected chi connectivity index (χ2v) is 5.42. The van der Waals surface area contributed by atoms with Crippen molar-refractivity contribution < 1.29 is 18.3 Å². The highest BCUT2D eigenvalue weighted by Gasteiger charge is 2.42. The van der Waals surface area contributed by atoms with Gasteiger partial charge in [-0.15, -0.1) is 0 Å². The summed E-state index contributed by atoms with van der Waals surface area (Å²) >= 11 is 0. The molecular formula is C10H12N2O4S. The summed E-state index contributed by atoms with van der Waals surface area (Å²) in [6, 6.07) is 5.68. The minimum Gasteiger partial charge on any atom is -0.480 e. The first-order valence-corrected chi connectivity index (χ1v) is 6.45. The van der Waals surface area contributed by atoms with E-state index in [1.54, 1.807) is 31.2 Å². The molecule has 0 aromatic heterocycles. The van der Waals surface area contributed by atoms with Crippen LogP contribution in [0.25, 0.3) is 0 Å². The number of hydrogen-bond acceptors (Lipinski definition) is 3. The fraction of sp³-hybridized carbons (Fsp3) is 0.300.